The molecule has 0 aliphatic rings. The Morgan fingerprint density at radius 1 is 1.30 bits per heavy atom. The second-order valence-electron chi connectivity index (χ2n) is 4.47. The highest BCUT2D eigenvalue weighted by Crippen LogP contribution is 2.37. The Kier molecular flexibility index (Phi) is 4.30. The molecule has 3 aromatic rings. The third-order valence-corrected chi connectivity index (χ3v) is 5.65. The molecule has 1 atom stereocenters. The fourth-order valence-corrected chi connectivity index (χ4v) is 3.95. The van der Waals surface area contributed by atoms with Gasteiger partial charge in [0.15, 0.2) is 0 Å². The predicted molar refractivity (Wildman–Crippen MR) is 86.7 cm³/mol. The average molecular weight is 349 g/mol. The van der Waals surface area contributed by atoms with Crippen molar-refractivity contribution in [2.45, 2.75) is 11.3 Å². The van der Waals surface area contributed by atoms with Crippen LogP contribution in [0.5, 0.6) is 0 Å². The molecule has 0 bridgehead atoms. The Hall–Kier alpha value is -2.39. The van der Waals surface area contributed by atoms with Gasteiger partial charge in [0.2, 0.25) is 4.34 Å². The Labute approximate surface area is 137 Å². The SMILES string of the molecule is CCS(=O)c1nnc(-c2cc([N+](=O)[O-])ccc2-c2ccco2)s1. The highest BCUT2D eigenvalue weighted by molar-refractivity contribution is 7.87. The van der Waals surface area contributed by atoms with Crippen molar-refractivity contribution in [2.24, 2.45) is 0 Å². The van der Waals surface area contributed by atoms with Crippen molar-refractivity contribution in [3.63, 3.8) is 0 Å². The van der Waals surface area contributed by atoms with Crippen LogP contribution in [0, 0.1) is 10.1 Å². The van der Waals surface area contributed by atoms with Crippen LogP contribution in [0.3, 0.4) is 0 Å². The fraction of sp³-hybridized carbons (Fsp3) is 0.143. The second-order valence-corrected chi connectivity index (χ2v) is 7.36. The van der Waals surface area contributed by atoms with Gasteiger partial charge in [-0.15, -0.1) is 10.2 Å². The van der Waals surface area contributed by atoms with Crippen LogP contribution in [0.25, 0.3) is 21.9 Å². The van der Waals surface area contributed by atoms with E-state index in [1.165, 1.54) is 18.4 Å². The average Bonchev–Trinajstić information content (AvgIpc) is 3.25. The molecule has 0 saturated carbocycles. The lowest BCUT2D eigenvalue weighted by atomic mass is 10.0. The molecule has 0 aliphatic heterocycles. The first-order valence-electron chi connectivity index (χ1n) is 6.64. The summed E-state index contributed by atoms with van der Waals surface area (Å²) in [5.74, 6) is 1.01. The van der Waals surface area contributed by atoms with Crippen molar-refractivity contribution >= 4 is 27.8 Å². The predicted octanol–water partition coefficient (Wildman–Crippen LogP) is 3.50. The van der Waals surface area contributed by atoms with E-state index in [4.69, 9.17) is 4.42 Å². The molecule has 9 heteroatoms. The lowest BCUT2D eigenvalue weighted by Crippen LogP contribution is -1.92. The first kappa shape index (κ1) is 15.5. The maximum atomic E-state index is 11.8. The number of benzene rings is 1. The van der Waals surface area contributed by atoms with Gasteiger partial charge in [-0.1, -0.05) is 18.3 Å². The van der Waals surface area contributed by atoms with E-state index in [1.54, 1.807) is 25.1 Å². The summed E-state index contributed by atoms with van der Waals surface area (Å²) < 4.78 is 17.6. The summed E-state index contributed by atoms with van der Waals surface area (Å²) in [5, 5.41) is 19.5. The number of nitro groups is 1. The van der Waals surface area contributed by atoms with E-state index >= 15 is 0 Å². The van der Waals surface area contributed by atoms with Crippen molar-refractivity contribution in [1.82, 2.24) is 10.2 Å². The van der Waals surface area contributed by atoms with Crippen LogP contribution in [0.15, 0.2) is 45.4 Å². The molecule has 23 heavy (non-hydrogen) atoms. The summed E-state index contributed by atoms with van der Waals surface area (Å²) in [6.45, 7) is 1.79. The van der Waals surface area contributed by atoms with Crippen molar-refractivity contribution in [3.05, 3.63) is 46.7 Å². The molecular formula is C14H11N3O4S2. The summed E-state index contributed by atoms with van der Waals surface area (Å²) in [6, 6.07) is 7.95. The molecule has 118 valence electrons. The van der Waals surface area contributed by atoms with Crippen molar-refractivity contribution in [2.75, 3.05) is 5.75 Å². The highest BCUT2D eigenvalue weighted by atomic mass is 32.2. The summed E-state index contributed by atoms with van der Waals surface area (Å²) in [7, 11) is -1.21. The smallest absolute Gasteiger partial charge is 0.270 e. The van der Waals surface area contributed by atoms with Gasteiger partial charge in [-0.05, 0) is 18.2 Å². The minimum atomic E-state index is -1.21. The largest absolute Gasteiger partial charge is 0.464 e. The van der Waals surface area contributed by atoms with Crippen LogP contribution in [-0.2, 0) is 10.8 Å². The van der Waals surface area contributed by atoms with Crippen LogP contribution in [-0.4, -0.2) is 25.1 Å². The Bertz CT molecular complexity index is 874. The quantitative estimate of drug-likeness (QED) is 0.516. The lowest BCUT2D eigenvalue weighted by molar-refractivity contribution is -0.384. The summed E-state index contributed by atoms with van der Waals surface area (Å²) >= 11 is 1.16. The molecular weight excluding hydrogens is 338 g/mol. The Morgan fingerprint density at radius 3 is 2.78 bits per heavy atom. The third kappa shape index (κ3) is 3.06. The maximum absolute atomic E-state index is 11.8. The van der Waals surface area contributed by atoms with Gasteiger partial charge in [-0.3, -0.25) is 14.3 Å². The van der Waals surface area contributed by atoms with Crippen LogP contribution in [0.1, 0.15) is 6.92 Å². The first-order chi connectivity index (χ1) is 11.1. The van der Waals surface area contributed by atoms with Gasteiger partial charge in [0.05, 0.1) is 22.0 Å². The van der Waals surface area contributed by atoms with Gasteiger partial charge in [-0.25, -0.2) is 0 Å². The number of hydrogen-bond donors (Lipinski definition) is 0. The molecule has 2 heterocycles. The summed E-state index contributed by atoms with van der Waals surface area (Å²) in [5.41, 5.74) is 1.15. The van der Waals surface area contributed by atoms with Crippen molar-refractivity contribution in [1.29, 1.82) is 0 Å². The minimum Gasteiger partial charge on any atom is -0.464 e. The molecule has 7 nitrogen and oxygen atoms in total. The van der Waals surface area contributed by atoms with Crippen LogP contribution >= 0.6 is 11.3 Å². The van der Waals surface area contributed by atoms with E-state index in [-0.39, 0.29) is 5.69 Å². The van der Waals surface area contributed by atoms with E-state index in [0.29, 0.717) is 32.0 Å². The molecule has 0 aliphatic carbocycles. The van der Waals surface area contributed by atoms with E-state index in [9.17, 15) is 14.3 Å². The van der Waals surface area contributed by atoms with Gasteiger partial charge >= 0.3 is 0 Å². The zero-order valence-corrected chi connectivity index (χ0v) is 13.6. The normalized spacial score (nSPS) is 12.2. The zero-order chi connectivity index (χ0) is 16.4. The zero-order valence-electron chi connectivity index (χ0n) is 12.0. The van der Waals surface area contributed by atoms with Crippen molar-refractivity contribution < 1.29 is 13.5 Å². The number of hydrogen-bond acceptors (Lipinski definition) is 7. The van der Waals surface area contributed by atoms with E-state index in [2.05, 4.69) is 10.2 Å². The molecule has 0 fully saturated rings. The highest BCUT2D eigenvalue weighted by Gasteiger charge is 2.19. The van der Waals surface area contributed by atoms with Crippen LogP contribution in [0.2, 0.25) is 0 Å². The molecule has 0 spiro atoms. The number of non-ortho nitro benzene ring substituents is 1. The van der Waals surface area contributed by atoms with Gasteiger partial charge in [0, 0.05) is 29.0 Å². The van der Waals surface area contributed by atoms with Crippen LogP contribution in [0.4, 0.5) is 5.69 Å². The van der Waals surface area contributed by atoms with Gasteiger partial charge in [-0.2, -0.15) is 0 Å². The summed E-state index contributed by atoms with van der Waals surface area (Å²) in [6.07, 6.45) is 1.53. The second kappa shape index (κ2) is 6.39. The molecule has 0 N–H and O–H groups in total. The molecule has 2 aromatic heterocycles. The lowest BCUT2D eigenvalue weighted by Gasteiger charge is -2.04. The van der Waals surface area contributed by atoms with E-state index in [0.717, 1.165) is 11.3 Å². The number of furan rings is 1. The van der Waals surface area contributed by atoms with Gasteiger partial charge in [0.25, 0.3) is 5.69 Å². The van der Waals surface area contributed by atoms with E-state index in [1.807, 2.05) is 0 Å². The minimum absolute atomic E-state index is 0.0522. The number of rotatable bonds is 5. The van der Waals surface area contributed by atoms with Crippen molar-refractivity contribution in [3.8, 4) is 21.9 Å². The number of nitrogens with zero attached hydrogens (tertiary/aromatic N) is 3. The molecule has 0 saturated heterocycles. The monoisotopic (exact) mass is 349 g/mol. The fourth-order valence-electron chi connectivity index (χ4n) is 2.00. The Balaban J connectivity index is 2.15. The topological polar surface area (TPSA) is 99.1 Å². The molecule has 3 rings (SSSR count). The molecule has 1 unspecified atom stereocenters. The third-order valence-electron chi connectivity index (χ3n) is 3.09. The molecule has 0 amide bonds. The molecule has 0 radical (unpaired) electrons. The summed E-state index contributed by atoms with van der Waals surface area (Å²) in [4.78, 5) is 10.6. The standard InChI is InChI=1S/C14H11N3O4S2/c1-2-23(20)14-16-15-13(22-14)11-8-9(17(18)19)5-6-10(11)12-4-3-7-21-12/h3-8H,2H2,1H3. The van der Waals surface area contributed by atoms with Crippen LogP contribution < -0.4 is 0 Å². The van der Waals surface area contributed by atoms with Gasteiger partial charge in [0.1, 0.15) is 10.8 Å². The van der Waals surface area contributed by atoms with Gasteiger partial charge < -0.3 is 4.42 Å². The van der Waals surface area contributed by atoms with E-state index < -0.39 is 15.7 Å². The Morgan fingerprint density at radius 2 is 2.13 bits per heavy atom. The molecule has 1 aromatic carbocycles. The number of nitro benzene ring substituents is 1. The first-order valence-corrected chi connectivity index (χ1v) is 8.78. The maximum Gasteiger partial charge on any atom is 0.270 e. The number of aromatic nitrogens is 2.